The van der Waals surface area contributed by atoms with Gasteiger partial charge < -0.3 is 15.3 Å². The number of rotatable bonds is 1. The Balaban J connectivity index is 2.57. The van der Waals surface area contributed by atoms with Gasteiger partial charge in [0.25, 0.3) is 0 Å². The molecule has 0 unspecified atom stereocenters. The van der Waals surface area contributed by atoms with Crippen molar-refractivity contribution in [2.75, 3.05) is 5.73 Å². The Hall–Kier alpha value is -1.64. The molecule has 2 rings (SSSR count). The highest BCUT2D eigenvalue weighted by Gasteiger charge is 2.04. The Morgan fingerprint density at radius 3 is 2.31 bits per heavy atom. The summed E-state index contributed by atoms with van der Waals surface area (Å²) in [6, 6.07) is 6.12. The van der Waals surface area contributed by atoms with E-state index in [1.165, 1.54) is 11.4 Å². The Bertz CT molecular complexity index is 404. The van der Waals surface area contributed by atoms with E-state index in [4.69, 9.17) is 5.73 Å². The molecule has 2 aromatic rings. The van der Waals surface area contributed by atoms with E-state index in [2.05, 4.69) is 35.5 Å². The molecular formula is C10H13N3. The number of nitrogens with two attached hydrogens (primary N) is 1. The molecule has 0 radical (unpaired) electrons. The monoisotopic (exact) mass is 175 g/mol. The topological polar surface area (TPSA) is 46.7 Å². The molecule has 3 nitrogen and oxygen atoms in total. The summed E-state index contributed by atoms with van der Waals surface area (Å²) in [5.41, 5.74) is 9.15. The van der Waals surface area contributed by atoms with Gasteiger partial charge in [-0.3, -0.25) is 0 Å². The van der Waals surface area contributed by atoms with Gasteiger partial charge in [-0.2, -0.15) is 0 Å². The zero-order valence-electron chi connectivity index (χ0n) is 7.83. The highest BCUT2D eigenvalue weighted by atomic mass is 15.0. The molecule has 0 aromatic carbocycles. The summed E-state index contributed by atoms with van der Waals surface area (Å²) in [4.78, 5) is 2.97. The molecule has 13 heavy (non-hydrogen) atoms. The third-order valence-corrected chi connectivity index (χ3v) is 2.22. The lowest BCUT2D eigenvalue weighted by atomic mass is 10.4. The standard InChI is InChI=1S/C10H13N3/c1-7-3-4-8(2)13(7)9-5-10(11)12-6-9/h3-6,12H,11H2,1-2H3. The average Bonchev–Trinajstić information content (AvgIpc) is 2.60. The van der Waals surface area contributed by atoms with E-state index < -0.39 is 0 Å². The quantitative estimate of drug-likeness (QED) is 0.684. The van der Waals surface area contributed by atoms with Gasteiger partial charge in [-0.25, -0.2) is 0 Å². The zero-order chi connectivity index (χ0) is 9.42. The largest absolute Gasteiger partial charge is 0.385 e. The first-order chi connectivity index (χ1) is 6.18. The summed E-state index contributed by atoms with van der Waals surface area (Å²) >= 11 is 0. The molecule has 2 aromatic heterocycles. The normalized spacial score (nSPS) is 10.6. The number of aryl methyl sites for hydroxylation is 2. The molecule has 0 spiro atoms. The first-order valence-corrected chi connectivity index (χ1v) is 4.27. The third kappa shape index (κ3) is 1.22. The van der Waals surface area contributed by atoms with Crippen molar-refractivity contribution in [2.45, 2.75) is 13.8 Å². The van der Waals surface area contributed by atoms with Crippen molar-refractivity contribution in [3.63, 3.8) is 0 Å². The minimum absolute atomic E-state index is 0.697. The van der Waals surface area contributed by atoms with Crippen LogP contribution in [0, 0.1) is 13.8 Å². The van der Waals surface area contributed by atoms with Crippen LogP contribution in [0.3, 0.4) is 0 Å². The van der Waals surface area contributed by atoms with Crippen molar-refractivity contribution in [3.8, 4) is 5.69 Å². The van der Waals surface area contributed by atoms with Crippen LogP contribution in [-0.2, 0) is 0 Å². The second-order valence-electron chi connectivity index (χ2n) is 3.26. The van der Waals surface area contributed by atoms with Crippen LogP contribution >= 0.6 is 0 Å². The van der Waals surface area contributed by atoms with E-state index in [1.807, 2.05) is 12.3 Å². The van der Waals surface area contributed by atoms with Gasteiger partial charge in [0.05, 0.1) is 5.69 Å². The molecular weight excluding hydrogens is 162 g/mol. The predicted molar refractivity (Wildman–Crippen MR) is 54.0 cm³/mol. The number of nitrogens with zero attached hydrogens (tertiary/aromatic N) is 1. The third-order valence-electron chi connectivity index (χ3n) is 2.22. The lowest BCUT2D eigenvalue weighted by molar-refractivity contribution is 0.968. The van der Waals surface area contributed by atoms with E-state index >= 15 is 0 Å². The fraction of sp³-hybridized carbons (Fsp3) is 0.200. The highest BCUT2D eigenvalue weighted by Crippen LogP contribution is 2.17. The van der Waals surface area contributed by atoms with Gasteiger partial charge in [-0.05, 0) is 26.0 Å². The van der Waals surface area contributed by atoms with Crippen LogP contribution in [0.4, 0.5) is 5.82 Å². The maximum Gasteiger partial charge on any atom is 0.102 e. The maximum absolute atomic E-state index is 5.62. The summed E-state index contributed by atoms with van der Waals surface area (Å²) in [5.74, 6) is 0.697. The van der Waals surface area contributed by atoms with E-state index in [1.54, 1.807) is 0 Å². The van der Waals surface area contributed by atoms with Crippen LogP contribution < -0.4 is 5.73 Å². The Labute approximate surface area is 77.2 Å². The molecule has 0 saturated heterocycles. The molecule has 68 valence electrons. The minimum atomic E-state index is 0.697. The van der Waals surface area contributed by atoms with Gasteiger partial charge in [0.2, 0.25) is 0 Å². The number of hydrogen-bond donors (Lipinski definition) is 2. The van der Waals surface area contributed by atoms with Gasteiger partial charge >= 0.3 is 0 Å². The molecule has 0 amide bonds. The van der Waals surface area contributed by atoms with Gasteiger partial charge in [0.15, 0.2) is 0 Å². The molecule has 2 heterocycles. The number of nitrogen functional groups attached to an aromatic ring is 1. The Morgan fingerprint density at radius 2 is 1.85 bits per heavy atom. The molecule has 0 aliphatic rings. The van der Waals surface area contributed by atoms with E-state index in [-0.39, 0.29) is 0 Å². The zero-order valence-corrected chi connectivity index (χ0v) is 7.83. The molecule has 0 aliphatic carbocycles. The van der Waals surface area contributed by atoms with Crippen molar-refractivity contribution in [1.82, 2.24) is 9.55 Å². The molecule has 0 fully saturated rings. The molecule has 0 saturated carbocycles. The molecule has 0 atom stereocenters. The first kappa shape index (κ1) is 7.98. The highest BCUT2D eigenvalue weighted by molar-refractivity contribution is 5.45. The second-order valence-corrected chi connectivity index (χ2v) is 3.26. The fourth-order valence-corrected chi connectivity index (χ4v) is 1.60. The number of nitrogens with one attached hydrogen (secondary N) is 1. The Kier molecular flexibility index (Phi) is 1.65. The molecule has 3 heteroatoms. The number of anilines is 1. The lowest BCUT2D eigenvalue weighted by Gasteiger charge is -2.05. The number of hydrogen-bond acceptors (Lipinski definition) is 1. The summed E-state index contributed by atoms with van der Waals surface area (Å²) in [6.45, 7) is 4.16. The summed E-state index contributed by atoms with van der Waals surface area (Å²) in [6.07, 6.45) is 1.91. The van der Waals surface area contributed by atoms with Crippen LogP contribution in [0.1, 0.15) is 11.4 Å². The van der Waals surface area contributed by atoms with Crippen molar-refractivity contribution in [3.05, 3.63) is 35.8 Å². The van der Waals surface area contributed by atoms with Crippen LogP contribution in [0.15, 0.2) is 24.4 Å². The van der Waals surface area contributed by atoms with E-state index in [0.29, 0.717) is 5.82 Å². The average molecular weight is 175 g/mol. The number of aromatic nitrogens is 2. The van der Waals surface area contributed by atoms with Crippen molar-refractivity contribution in [2.24, 2.45) is 0 Å². The van der Waals surface area contributed by atoms with Gasteiger partial charge in [0, 0.05) is 23.7 Å². The van der Waals surface area contributed by atoms with Crippen LogP contribution in [0.5, 0.6) is 0 Å². The number of aromatic amines is 1. The summed E-state index contributed by atoms with van der Waals surface area (Å²) in [5, 5.41) is 0. The lowest BCUT2D eigenvalue weighted by Crippen LogP contribution is -1.96. The van der Waals surface area contributed by atoms with Crippen molar-refractivity contribution >= 4 is 5.82 Å². The fourth-order valence-electron chi connectivity index (χ4n) is 1.60. The maximum atomic E-state index is 5.62. The van der Waals surface area contributed by atoms with Crippen LogP contribution in [-0.4, -0.2) is 9.55 Å². The van der Waals surface area contributed by atoms with Crippen LogP contribution in [0.25, 0.3) is 5.69 Å². The van der Waals surface area contributed by atoms with Gasteiger partial charge in [-0.15, -0.1) is 0 Å². The summed E-state index contributed by atoms with van der Waals surface area (Å²) in [7, 11) is 0. The second kappa shape index (κ2) is 2.69. The number of H-pyrrole nitrogens is 1. The molecule has 0 aliphatic heterocycles. The first-order valence-electron chi connectivity index (χ1n) is 4.27. The van der Waals surface area contributed by atoms with Gasteiger partial charge in [-0.1, -0.05) is 0 Å². The smallest absolute Gasteiger partial charge is 0.102 e. The molecule has 3 N–H and O–H groups in total. The van der Waals surface area contributed by atoms with E-state index in [9.17, 15) is 0 Å². The minimum Gasteiger partial charge on any atom is -0.385 e. The molecule has 0 bridgehead atoms. The van der Waals surface area contributed by atoms with Crippen molar-refractivity contribution < 1.29 is 0 Å². The Morgan fingerprint density at radius 1 is 1.23 bits per heavy atom. The summed E-state index contributed by atoms with van der Waals surface area (Å²) < 4.78 is 2.16. The van der Waals surface area contributed by atoms with E-state index in [0.717, 1.165) is 5.69 Å². The van der Waals surface area contributed by atoms with Gasteiger partial charge in [0.1, 0.15) is 5.82 Å². The predicted octanol–water partition coefficient (Wildman–Crippen LogP) is 2.00. The SMILES string of the molecule is Cc1ccc(C)n1-c1c[nH]c(N)c1. The van der Waals surface area contributed by atoms with Crippen molar-refractivity contribution in [1.29, 1.82) is 0 Å². The van der Waals surface area contributed by atoms with Crippen LogP contribution in [0.2, 0.25) is 0 Å².